The number of hydrogen-bond acceptors (Lipinski definition) is 6. The summed E-state index contributed by atoms with van der Waals surface area (Å²) >= 11 is 12.8. The molecular formula is C62H38Cl2N8. The van der Waals surface area contributed by atoms with Crippen LogP contribution in [0.5, 0.6) is 0 Å². The largest absolute Gasteiger partial charge is 0.309 e. The van der Waals surface area contributed by atoms with Gasteiger partial charge in [0.2, 0.25) is 10.6 Å². The van der Waals surface area contributed by atoms with Crippen molar-refractivity contribution >= 4 is 88.4 Å². The Labute approximate surface area is 423 Å². The normalized spacial score (nSPS) is 11.5. The second-order valence-electron chi connectivity index (χ2n) is 17.4. The van der Waals surface area contributed by atoms with E-state index in [-0.39, 0.29) is 10.6 Å². The molecule has 4 heterocycles. The number of aromatic nitrogens is 8. The highest BCUT2D eigenvalue weighted by Gasteiger charge is 2.18. The van der Waals surface area contributed by atoms with Crippen LogP contribution >= 0.6 is 23.2 Å². The molecule has 0 bridgehead atoms. The van der Waals surface area contributed by atoms with Gasteiger partial charge >= 0.3 is 0 Å². The van der Waals surface area contributed by atoms with Crippen molar-refractivity contribution in [1.29, 1.82) is 0 Å². The average molecular weight is 966 g/mol. The van der Waals surface area contributed by atoms with E-state index in [1.165, 1.54) is 21.5 Å². The molecule has 0 saturated carbocycles. The maximum absolute atomic E-state index is 6.43. The summed E-state index contributed by atoms with van der Waals surface area (Å²) in [7, 11) is 0. The van der Waals surface area contributed by atoms with Crippen molar-refractivity contribution in [2.45, 2.75) is 0 Å². The van der Waals surface area contributed by atoms with E-state index >= 15 is 0 Å². The zero-order valence-electron chi connectivity index (χ0n) is 38.3. The summed E-state index contributed by atoms with van der Waals surface area (Å²) in [5, 5.41) is 9.53. The molecule has 0 radical (unpaired) electrons. The van der Waals surface area contributed by atoms with Crippen LogP contribution in [-0.2, 0) is 0 Å². The van der Waals surface area contributed by atoms with Gasteiger partial charge in [0.05, 0.1) is 22.1 Å². The van der Waals surface area contributed by atoms with Crippen LogP contribution in [0.15, 0.2) is 231 Å². The molecule has 14 rings (SSSR count). The lowest BCUT2D eigenvalue weighted by Gasteiger charge is -2.09. The van der Waals surface area contributed by atoms with Gasteiger partial charge in [-0.25, -0.2) is 9.97 Å². The van der Waals surface area contributed by atoms with Crippen molar-refractivity contribution in [1.82, 2.24) is 39.0 Å². The van der Waals surface area contributed by atoms with Gasteiger partial charge in [-0.2, -0.15) is 19.9 Å². The van der Waals surface area contributed by atoms with Gasteiger partial charge in [-0.3, -0.25) is 0 Å². The molecule has 10 heteroatoms. The Morgan fingerprint density at radius 2 is 0.708 bits per heavy atom. The van der Waals surface area contributed by atoms with E-state index in [2.05, 4.69) is 205 Å². The first-order valence-corrected chi connectivity index (χ1v) is 24.2. The zero-order chi connectivity index (χ0) is 48.1. The highest BCUT2D eigenvalue weighted by atomic mass is 35.5. The van der Waals surface area contributed by atoms with Gasteiger partial charge in [0, 0.05) is 55.2 Å². The molecular weight excluding hydrogens is 928 g/mol. The minimum atomic E-state index is 0.173. The van der Waals surface area contributed by atoms with E-state index in [9.17, 15) is 0 Å². The first-order chi connectivity index (χ1) is 35.5. The van der Waals surface area contributed by atoms with E-state index in [1.807, 2.05) is 54.6 Å². The Morgan fingerprint density at radius 3 is 1.39 bits per heavy atom. The van der Waals surface area contributed by atoms with Gasteiger partial charge in [0.15, 0.2) is 23.3 Å². The van der Waals surface area contributed by atoms with E-state index in [4.69, 9.17) is 33.2 Å². The van der Waals surface area contributed by atoms with Gasteiger partial charge in [-0.05, 0) is 111 Å². The number of benzene rings is 10. The molecule has 8 nitrogen and oxygen atoms in total. The second-order valence-corrected chi connectivity index (χ2v) is 18.1. The SMILES string of the molecule is Clc1nc(-c2ccc3c(c2)c2ccccc2n3-c2ccccc2)nc(-c2cccc3ccccc23)n1.Clc1nc(-c2ccc3ccccc3c2)nc(-c2ccc3c4ccccc4n(-c4ccccc4)c3c2)n1. The summed E-state index contributed by atoms with van der Waals surface area (Å²) in [6, 6.07) is 79.1. The minimum absolute atomic E-state index is 0.173. The molecule has 0 amide bonds. The van der Waals surface area contributed by atoms with Crippen LogP contribution in [0.4, 0.5) is 0 Å². The third-order valence-corrected chi connectivity index (χ3v) is 13.5. The van der Waals surface area contributed by atoms with Crippen molar-refractivity contribution in [3.63, 3.8) is 0 Å². The van der Waals surface area contributed by atoms with E-state index in [0.29, 0.717) is 23.3 Å². The molecule has 0 N–H and O–H groups in total. The van der Waals surface area contributed by atoms with Crippen LogP contribution in [0.25, 0.3) is 122 Å². The molecule has 0 fully saturated rings. The Hall–Kier alpha value is -9.08. The highest BCUT2D eigenvalue weighted by molar-refractivity contribution is 6.28. The fourth-order valence-electron chi connectivity index (χ4n) is 9.89. The van der Waals surface area contributed by atoms with Gasteiger partial charge in [-0.15, -0.1) is 0 Å². The topological polar surface area (TPSA) is 87.2 Å². The molecule has 0 aliphatic rings. The molecule has 72 heavy (non-hydrogen) atoms. The van der Waals surface area contributed by atoms with Gasteiger partial charge in [-0.1, -0.05) is 164 Å². The zero-order valence-corrected chi connectivity index (χ0v) is 39.8. The van der Waals surface area contributed by atoms with Crippen LogP contribution in [-0.4, -0.2) is 39.0 Å². The monoisotopic (exact) mass is 964 g/mol. The van der Waals surface area contributed by atoms with E-state index in [1.54, 1.807) is 0 Å². The van der Waals surface area contributed by atoms with E-state index < -0.39 is 0 Å². The summed E-state index contributed by atoms with van der Waals surface area (Å²) in [6.45, 7) is 0. The summed E-state index contributed by atoms with van der Waals surface area (Å²) in [5.41, 5.74) is 10.4. The second kappa shape index (κ2) is 18.0. The lowest BCUT2D eigenvalue weighted by atomic mass is 10.0. The number of para-hydroxylation sites is 4. The van der Waals surface area contributed by atoms with Crippen LogP contribution in [0.1, 0.15) is 0 Å². The summed E-state index contributed by atoms with van der Waals surface area (Å²) in [5.74, 6) is 2.22. The maximum atomic E-state index is 6.43. The summed E-state index contributed by atoms with van der Waals surface area (Å²) in [4.78, 5) is 27.6. The molecule has 0 atom stereocenters. The van der Waals surface area contributed by atoms with Crippen molar-refractivity contribution in [2.75, 3.05) is 0 Å². The highest BCUT2D eigenvalue weighted by Crippen LogP contribution is 2.37. The van der Waals surface area contributed by atoms with Crippen LogP contribution in [0.2, 0.25) is 10.6 Å². The lowest BCUT2D eigenvalue weighted by molar-refractivity contribution is 1.07. The van der Waals surface area contributed by atoms with Crippen LogP contribution < -0.4 is 0 Å². The Bertz CT molecular complexity index is 4370. The minimum Gasteiger partial charge on any atom is -0.309 e. The number of fused-ring (bicyclic) bond motifs is 8. The Balaban J connectivity index is 0.000000140. The quantitative estimate of drug-likeness (QED) is 0.165. The van der Waals surface area contributed by atoms with Gasteiger partial charge in [0.1, 0.15) is 0 Å². The summed E-state index contributed by atoms with van der Waals surface area (Å²) < 4.78 is 4.57. The molecule has 340 valence electrons. The molecule has 10 aromatic carbocycles. The van der Waals surface area contributed by atoms with Gasteiger partial charge in [0.25, 0.3) is 0 Å². The lowest BCUT2D eigenvalue weighted by Crippen LogP contribution is -1.98. The first kappa shape index (κ1) is 43.0. The maximum Gasteiger partial charge on any atom is 0.226 e. The number of rotatable bonds is 6. The third-order valence-electron chi connectivity index (χ3n) is 13.1. The third kappa shape index (κ3) is 7.76. The standard InChI is InChI=1S/2C31H19ClN4/c32-31-34-29(33-30(35-31)25-15-8-10-20-9-4-5-13-23(20)25)21-17-18-28-26(19-21)24-14-6-7-16-27(24)36(28)22-11-2-1-3-12-22;32-31-34-29(22-15-14-20-8-4-5-9-21(20)18-22)33-30(35-31)23-16-17-26-25-12-6-7-13-27(25)36(28(26)19-23)24-10-2-1-3-11-24/h2*1-19H. The van der Waals surface area contributed by atoms with Crippen molar-refractivity contribution in [3.8, 4) is 56.9 Å². The van der Waals surface area contributed by atoms with Crippen LogP contribution in [0, 0.1) is 0 Å². The molecule has 14 aromatic rings. The fourth-order valence-corrected chi connectivity index (χ4v) is 10.2. The number of nitrogens with zero attached hydrogens (tertiary/aromatic N) is 8. The summed E-state index contributed by atoms with van der Waals surface area (Å²) in [6.07, 6.45) is 0. The van der Waals surface area contributed by atoms with Gasteiger partial charge < -0.3 is 9.13 Å². The first-order valence-electron chi connectivity index (χ1n) is 23.5. The van der Waals surface area contributed by atoms with Crippen molar-refractivity contribution in [2.24, 2.45) is 0 Å². The smallest absolute Gasteiger partial charge is 0.226 e. The molecule has 4 aromatic heterocycles. The Kier molecular flexibility index (Phi) is 10.8. The molecule has 0 spiro atoms. The number of hydrogen-bond donors (Lipinski definition) is 0. The molecule has 0 aliphatic carbocycles. The van der Waals surface area contributed by atoms with E-state index in [0.717, 1.165) is 77.2 Å². The Morgan fingerprint density at radius 1 is 0.264 bits per heavy atom. The molecule has 0 aliphatic heterocycles. The van der Waals surface area contributed by atoms with Crippen LogP contribution in [0.3, 0.4) is 0 Å². The predicted octanol–water partition coefficient (Wildman–Crippen LogP) is 16.2. The molecule has 0 unspecified atom stereocenters. The number of halogens is 2. The van der Waals surface area contributed by atoms with Crippen molar-refractivity contribution in [3.05, 3.63) is 241 Å². The molecule has 0 saturated heterocycles. The average Bonchev–Trinajstić information content (AvgIpc) is 3.95. The fraction of sp³-hybridized carbons (Fsp3) is 0. The van der Waals surface area contributed by atoms with Crippen molar-refractivity contribution < 1.29 is 0 Å². The predicted molar refractivity (Wildman–Crippen MR) is 295 cm³/mol.